The van der Waals surface area contributed by atoms with Crippen LogP contribution in [0.1, 0.15) is 174 Å². The predicted molar refractivity (Wildman–Crippen MR) is 234 cm³/mol. The van der Waals surface area contributed by atoms with Crippen molar-refractivity contribution in [3.05, 3.63) is 97.2 Å². The van der Waals surface area contributed by atoms with Gasteiger partial charge in [0.2, 0.25) is 5.91 Å². The summed E-state index contributed by atoms with van der Waals surface area (Å²) < 4.78 is 32.5. The Morgan fingerprint density at radius 3 is 1.39 bits per heavy atom. The zero-order valence-corrected chi connectivity index (χ0v) is 35.1. The molecule has 0 aromatic carbocycles. The number of hydrogen-bond acceptors (Lipinski definition) is 4. The molecule has 3 N–H and O–H groups in total. The van der Waals surface area contributed by atoms with E-state index in [1.165, 1.54) is 76.7 Å². The summed E-state index contributed by atoms with van der Waals surface area (Å²) in [5, 5.41) is 13.2. The molecule has 0 aromatic heterocycles. The Bertz CT molecular complexity index is 1210. The highest BCUT2D eigenvalue weighted by molar-refractivity contribution is 7.85. The lowest BCUT2D eigenvalue weighted by Crippen LogP contribution is -2.46. The van der Waals surface area contributed by atoms with E-state index >= 15 is 0 Å². The molecule has 0 spiro atoms. The van der Waals surface area contributed by atoms with Gasteiger partial charge in [0, 0.05) is 6.42 Å². The SMILES string of the molecule is CC/C=C\C/C=C\C/C=C\C/C=C\C/C=C\CCCCCC(=O)NC(CS(=O)(=O)O)C(O)/C=C/CC/C=C/CC/C=C/CCCCCCCCCCCC. The molecule has 0 aromatic rings. The topological polar surface area (TPSA) is 104 Å². The van der Waals surface area contributed by atoms with Crippen LogP contribution in [0, 0.1) is 0 Å². The molecule has 7 heteroatoms. The van der Waals surface area contributed by atoms with Gasteiger partial charge in [0.1, 0.15) is 0 Å². The molecule has 0 aliphatic carbocycles. The van der Waals surface area contributed by atoms with Crippen molar-refractivity contribution < 1.29 is 22.9 Å². The Balaban J connectivity index is 4.08. The molecular formula is C47H79NO5S. The Hall–Kier alpha value is -2.74. The van der Waals surface area contributed by atoms with Crippen LogP contribution in [0.25, 0.3) is 0 Å². The molecule has 0 aliphatic rings. The number of amides is 1. The van der Waals surface area contributed by atoms with Crippen molar-refractivity contribution in [3.8, 4) is 0 Å². The van der Waals surface area contributed by atoms with E-state index in [0.717, 1.165) is 70.6 Å². The summed E-state index contributed by atoms with van der Waals surface area (Å²) in [5.74, 6) is -1.06. The molecule has 0 radical (unpaired) electrons. The van der Waals surface area contributed by atoms with Gasteiger partial charge in [0.25, 0.3) is 10.1 Å². The third-order valence-electron chi connectivity index (χ3n) is 8.97. The largest absolute Gasteiger partial charge is 0.387 e. The molecule has 0 fully saturated rings. The van der Waals surface area contributed by atoms with Gasteiger partial charge in [-0.3, -0.25) is 9.35 Å². The maximum absolute atomic E-state index is 12.5. The number of unbranched alkanes of at least 4 members (excludes halogenated alkanes) is 15. The van der Waals surface area contributed by atoms with Crippen LogP contribution in [0.5, 0.6) is 0 Å². The highest BCUT2D eigenvalue weighted by Crippen LogP contribution is 2.12. The van der Waals surface area contributed by atoms with Crippen molar-refractivity contribution in [2.24, 2.45) is 0 Å². The number of nitrogens with one attached hydrogen (secondary N) is 1. The van der Waals surface area contributed by atoms with E-state index in [9.17, 15) is 22.9 Å². The fourth-order valence-electron chi connectivity index (χ4n) is 5.80. The standard InChI is InChI=1S/C47H79NO5S/c1-3-5-7-9-11-13-15-17-19-21-23-25-26-28-30-32-34-36-38-40-42-46(49)45(44-54(51,52)53)48-47(50)43-41-39-37-35-33-31-29-27-24-22-20-18-16-14-12-10-8-6-4-2/h6,8,12,14,18,20,24-27,31-34,40,42,45-46,49H,3-5,7,9-11,13,15-17,19,21-23,28-30,35-39,41,43-44H2,1-2H3,(H,48,50)(H,51,52,53)/b8-6-,14-12-,20-18-,26-25+,27-24-,33-31-,34-32+,42-40+. The van der Waals surface area contributed by atoms with Crippen LogP contribution in [-0.4, -0.2) is 41.9 Å². The number of hydrogen-bond donors (Lipinski definition) is 3. The molecule has 0 heterocycles. The Labute approximate surface area is 332 Å². The van der Waals surface area contributed by atoms with E-state index in [1.54, 1.807) is 6.08 Å². The predicted octanol–water partition coefficient (Wildman–Crippen LogP) is 13.0. The Kier molecular flexibility index (Phi) is 37.9. The number of aliphatic hydroxyl groups is 1. The lowest BCUT2D eigenvalue weighted by molar-refractivity contribution is -0.122. The lowest BCUT2D eigenvalue weighted by atomic mass is 10.1. The van der Waals surface area contributed by atoms with Crippen molar-refractivity contribution in [3.63, 3.8) is 0 Å². The maximum Gasteiger partial charge on any atom is 0.267 e. The Morgan fingerprint density at radius 1 is 0.519 bits per heavy atom. The second-order valence-electron chi connectivity index (χ2n) is 14.2. The van der Waals surface area contributed by atoms with Crippen LogP contribution in [0.3, 0.4) is 0 Å². The van der Waals surface area contributed by atoms with Gasteiger partial charge in [0.05, 0.1) is 17.9 Å². The monoisotopic (exact) mass is 770 g/mol. The van der Waals surface area contributed by atoms with Crippen LogP contribution in [0.2, 0.25) is 0 Å². The van der Waals surface area contributed by atoms with Crippen molar-refractivity contribution >= 4 is 16.0 Å². The van der Waals surface area contributed by atoms with Gasteiger partial charge in [-0.15, -0.1) is 0 Å². The quantitative estimate of drug-likeness (QED) is 0.0332. The van der Waals surface area contributed by atoms with Gasteiger partial charge in [-0.1, -0.05) is 175 Å². The van der Waals surface area contributed by atoms with E-state index in [-0.39, 0.29) is 12.3 Å². The van der Waals surface area contributed by atoms with Gasteiger partial charge in [-0.2, -0.15) is 8.42 Å². The van der Waals surface area contributed by atoms with Gasteiger partial charge in [0.15, 0.2) is 0 Å². The van der Waals surface area contributed by atoms with Crippen molar-refractivity contribution in [1.82, 2.24) is 5.32 Å². The van der Waals surface area contributed by atoms with Gasteiger partial charge in [-0.25, -0.2) is 0 Å². The molecule has 6 nitrogen and oxygen atoms in total. The third kappa shape index (κ3) is 40.4. The van der Waals surface area contributed by atoms with E-state index in [2.05, 4.69) is 104 Å². The fourth-order valence-corrected chi connectivity index (χ4v) is 6.53. The molecule has 1 amide bonds. The van der Waals surface area contributed by atoms with E-state index < -0.39 is 28.0 Å². The first-order valence-electron chi connectivity index (χ1n) is 21.4. The van der Waals surface area contributed by atoms with Gasteiger partial charge < -0.3 is 10.4 Å². The number of rotatable bonds is 37. The molecule has 0 rings (SSSR count). The Morgan fingerprint density at radius 2 is 0.907 bits per heavy atom. The zero-order valence-electron chi connectivity index (χ0n) is 34.3. The number of carbonyl (C=O) groups excluding carboxylic acids is 1. The molecule has 0 saturated carbocycles. The van der Waals surface area contributed by atoms with E-state index in [4.69, 9.17) is 0 Å². The van der Waals surface area contributed by atoms with Crippen molar-refractivity contribution in [2.75, 3.05) is 5.75 Å². The summed E-state index contributed by atoms with van der Waals surface area (Å²) in [7, 11) is -4.38. The molecule has 308 valence electrons. The first-order chi connectivity index (χ1) is 26.3. The third-order valence-corrected chi connectivity index (χ3v) is 9.75. The van der Waals surface area contributed by atoms with Crippen molar-refractivity contribution in [2.45, 2.75) is 187 Å². The second kappa shape index (κ2) is 39.9. The first-order valence-corrected chi connectivity index (χ1v) is 23.0. The molecule has 0 aliphatic heterocycles. The highest BCUT2D eigenvalue weighted by atomic mass is 32.2. The van der Waals surface area contributed by atoms with Gasteiger partial charge in [-0.05, 0) is 89.9 Å². The lowest BCUT2D eigenvalue weighted by Gasteiger charge is -2.21. The van der Waals surface area contributed by atoms with Crippen LogP contribution >= 0.6 is 0 Å². The van der Waals surface area contributed by atoms with Crippen LogP contribution in [0.4, 0.5) is 0 Å². The summed E-state index contributed by atoms with van der Waals surface area (Å²) in [5.41, 5.74) is 0. The molecule has 0 bridgehead atoms. The summed E-state index contributed by atoms with van der Waals surface area (Å²) in [6, 6.07) is -1.10. The molecular weight excluding hydrogens is 691 g/mol. The highest BCUT2D eigenvalue weighted by Gasteiger charge is 2.24. The number of allylic oxidation sites excluding steroid dienone is 15. The van der Waals surface area contributed by atoms with Crippen LogP contribution < -0.4 is 5.32 Å². The van der Waals surface area contributed by atoms with Crippen molar-refractivity contribution in [1.29, 1.82) is 0 Å². The second-order valence-corrected chi connectivity index (χ2v) is 15.7. The van der Waals surface area contributed by atoms with Crippen LogP contribution in [-0.2, 0) is 14.9 Å². The zero-order chi connectivity index (χ0) is 39.6. The minimum Gasteiger partial charge on any atom is -0.387 e. The summed E-state index contributed by atoms with van der Waals surface area (Å²) in [6.45, 7) is 4.41. The van der Waals surface area contributed by atoms with E-state index in [1.807, 2.05) is 0 Å². The number of aliphatic hydroxyl groups excluding tert-OH is 1. The summed E-state index contributed by atoms with van der Waals surface area (Å²) in [6.07, 6.45) is 59.7. The first kappa shape index (κ1) is 51.3. The smallest absolute Gasteiger partial charge is 0.267 e. The average molecular weight is 770 g/mol. The molecule has 2 atom stereocenters. The van der Waals surface area contributed by atoms with Gasteiger partial charge >= 0.3 is 0 Å². The minimum absolute atomic E-state index is 0.239. The molecule has 0 saturated heterocycles. The summed E-state index contributed by atoms with van der Waals surface area (Å²) >= 11 is 0. The molecule has 54 heavy (non-hydrogen) atoms. The van der Waals surface area contributed by atoms with E-state index in [0.29, 0.717) is 12.8 Å². The average Bonchev–Trinajstić information content (AvgIpc) is 3.14. The minimum atomic E-state index is -4.38. The summed E-state index contributed by atoms with van der Waals surface area (Å²) in [4.78, 5) is 12.5. The fraction of sp³-hybridized carbons (Fsp3) is 0.638. The number of carbonyl (C=O) groups is 1. The van der Waals surface area contributed by atoms with Crippen LogP contribution in [0.15, 0.2) is 97.2 Å². The maximum atomic E-state index is 12.5. The normalized spacial score (nSPS) is 14.2. The molecule has 2 unspecified atom stereocenters.